The number of benzene rings is 1. The van der Waals surface area contributed by atoms with Crippen LogP contribution in [0.5, 0.6) is 0 Å². The number of halogens is 2. The predicted octanol–water partition coefficient (Wildman–Crippen LogP) is 2.67. The van der Waals surface area contributed by atoms with Crippen LogP contribution < -0.4 is 10.6 Å². The highest BCUT2D eigenvalue weighted by Gasteiger charge is 2.19. The van der Waals surface area contributed by atoms with E-state index in [9.17, 15) is 18.4 Å². The highest BCUT2D eigenvalue weighted by Crippen LogP contribution is 2.20. The number of nitrogens with one attached hydrogen (secondary N) is 2. The van der Waals surface area contributed by atoms with Gasteiger partial charge in [0.1, 0.15) is 0 Å². The summed E-state index contributed by atoms with van der Waals surface area (Å²) in [5.41, 5.74) is 0.147. The topological polar surface area (TPSA) is 61.4 Å². The standard InChI is InChI=1S/C18H25F2N3O2/c1-23(14-6-4-2-3-5-7-14)12-18(25)21-11-17(24)22-13-8-9-15(19)16(20)10-13/h8-10,14H,2-7,11-12H2,1H3,(H,21,25)(H,22,24). The minimum Gasteiger partial charge on any atom is -0.346 e. The average Bonchev–Trinajstić information content (AvgIpc) is 2.86. The molecule has 0 heterocycles. The van der Waals surface area contributed by atoms with E-state index in [1.54, 1.807) is 0 Å². The maximum absolute atomic E-state index is 13.1. The van der Waals surface area contributed by atoms with Crippen LogP contribution in [0.15, 0.2) is 18.2 Å². The van der Waals surface area contributed by atoms with Crippen LogP contribution in [0.25, 0.3) is 0 Å². The lowest BCUT2D eigenvalue weighted by Gasteiger charge is -2.26. The summed E-state index contributed by atoms with van der Waals surface area (Å²) >= 11 is 0. The summed E-state index contributed by atoms with van der Waals surface area (Å²) in [6.45, 7) is 0.0272. The van der Waals surface area contributed by atoms with Crippen LogP contribution in [0.1, 0.15) is 38.5 Å². The first kappa shape index (κ1) is 19.3. The zero-order valence-electron chi connectivity index (χ0n) is 14.5. The number of hydrogen-bond acceptors (Lipinski definition) is 3. The van der Waals surface area contributed by atoms with Crippen LogP contribution in [-0.2, 0) is 9.59 Å². The monoisotopic (exact) mass is 353 g/mol. The van der Waals surface area contributed by atoms with Crippen molar-refractivity contribution in [1.82, 2.24) is 10.2 Å². The number of amides is 2. The Kier molecular flexibility index (Phi) is 7.31. The Balaban J connectivity index is 1.73. The summed E-state index contributed by atoms with van der Waals surface area (Å²) in [7, 11) is 1.93. The lowest BCUT2D eigenvalue weighted by molar-refractivity contribution is -0.125. The maximum atomic E-state index is 13.1. The number of carbonyl (C=O) groups excluding carboxylic acids is 2. The van der Waals surface area contributed by atoms with Gasteiger partial charge in [0.15, 0.2) is 11.6 Å². The molecule has 0 bridgehead atoms. The molecular weight excluding hydrogens is 328 g/mol. The van der Waals surface area contributed by atoms with Crippen LogP contribution >= 0.6 is 0 Å². The molecule has 0 spiro atoms. The highest BCUT2D eigenvalue weighted by atomic mass is 19.2. The summed E-state index contributed by atoms with van der Waals surface area (Å²) in [5, 5.41) is 4.97. The number of likely N-dealkylation sites (N-methyl/N-ethyl adjacent to an activating group) is 1. The average molecular weight is 353 g/mol. The molecule has 0 atom stereocenters. The van der Waals surface area contributed by atoms with Crippen LogP contribution in [0.4, 0.5) is 14.5 Å². The van der Waals surface area contributed by atoms with Gasteiger partial charge in [-0.3, -0.25) is 14.5 Å². The van der Waals surface area contributed by atoms with E-state index in [-0.39, 0.29) is 24.7 Å². The first-order chi connectivity index (χ1) is 12.0. The lowest BCUT2D eigenvalue weighted by atomic mass is 10.1. The molecule has 1 saturated carbocycles. The fraction of sp³-hybridized carbons (Fsp3) is 0.556. The molecule has 7 heteroatoms. The van der Waals surface area contributed by atoms with Crippen LogP contribution in [0.2, 0.25) is 0 Å². The third-order valence-corrected chi connectivity index (χ3v) is 4.49. The number of hydrogen-bond donors (Lipinski definition) is 2. The zero-order valence-corrected chi connectivity index (χ0v) is 14.5. The first-order valence-electron chi connectivity index (χ1n) is 8.67. The predicted molar refractivity (Wildman–Crippen MR) is 92.1 cm³/mol. The molecule has 0 aromatic heterocycles. The molecule has 0 aliphatic heterocycles. The van der Waals surface area contributed by atoms with E-state index in [4.69, 9.17) is 0 Å². The van der Waals surface area contributed by atoms with Crippen molar-refractivity contribution in [2.45, 2.75) is 44.6 Å². The molecule has 0 saturated heterocycles. The number of carbonyl (C=O) groups is 2. The Morgan fingerprint density at radius 2 is 1.76 bits per heavy atom. The fourth-order valence-corrected chi connectivity index (χ4v) is 3.07. The second-order valence-electron chi connectivity index (χ2n) is 6.51. The molecule has 1 aliphatic rings. The molecule has 1 aliphatic carbocycles. The summed E-state index contributed by atoms with van der Waals surface area (Å²) in [4.78, 5) is 25.8. The third-order valence-electron chi connectivity index (χ3n) is 4.49. The molecule has 1 fully saturated rings. The third kappa shape index (κ3) is 6.42. The smallest absolute Gasteiger partial charge is 0.243 e. The summed E-state index contributed by atoms with van der Waals surface area (Å²) in [6, 6.07) is 3.50. The van der Waals surface area contributed by atoms with Crippen molar-refractivity contribution in [3.8, 4) is 0 Å². The Labute approximate surface area is 146 Å². The largest absolute Gasteiger partial charge is 0.346 e. The Hall–Kier alpha value is -2.02. The Bertz CT molecular complexity index is 602. The maximum Gasteiger partial charge on any atom is 0.243 e. The van der Waals surface area contributed by atoms with Crippen molar-refractivity contribution in [3.05, 3.63) is 29.8 Å². The van der Waals surface area contributed by atoms with Gasteiger partial charge in [0.05, 0.1) is 13.1 Å². The van der Waals surface area contributed by atoms with Gasteiger partial charge in [-0.1, -0.05) is 25.7 Å². The lowest BCUT2D eigenvalue weighted by Crippen LogP contribution is -2.42. The van der Waals surface area contributed by atoms with Crippen molar-refractivity contribution in [2.24, 2.45) is 0 Å². The van der Waals surface area contributed by atoms with Gasteiger partial charge in [-0.25, -0.2) is 8.78 Å². The molecule has 138 valence electrons. The second kappa shape index (κ2) is 9.46. The van der Waals surface area contributed by atoms with Gasteiger partial charge in [0.2, 0.25) is 11.8 Å². The van der Waals surface area contributed by atoms with Crippen LogP contribution in [0, 0.1) is 11.6 Å². The molecule has 5 nitrogen and oxygen atoms in total. The summed E-state index contributed by atoms with van der Waals surface area (Å²) in [5.74, 6) is -2.73. The Morgan fingerprint density at radius 1 is 1.08 bits per heavy atom. The summed E-state index contributed by atoms with van der Waals surface area (Å²) < 4.78 is 25.9. The van der Waals surface area contributed by atoms with Gasteiger partial charge >= 0.3 is 0 Å². The van der Waals surface area contributed by atoms with E-state index in [0.717, 1.165) is 25.0 Å². The van der Waals surface area contributed by atoms with Crippen molar-refractivity contribution in [3.63, 3.8) is 0 Å². The molecule has 0 radical (unpaired) electrons. The van der Waals surface area contributed by atoms with E-state index >= 15 is 0 Å². The number of rotatable bonds is 6. The zero-order chi connectivity index (χ0) is 18.2. The van der Waals surface area contributed by atoms with Crippen LogP contribution in [-0.4, -0.2) is 42.9 Å². The summed E-state index contributed by atoms with van der Waals surface area (Å²) in [6.07, 6.45) is 7.07. The number of nitrogens with zero attached hydrogens (tertiary/aromatic N) is 1. The van der Waals surface area contributed by atoms with Crippen LogP contribution in [0.3, 0.4) is 0 Å². The van der Waals surface area contributed by atoms with E-state index in [1.807, 2.05) is 11.9 Å². The molecule has 2 amide bonds. The molecule has 2 N–H and O–H groups in total. The Morgan fingerprint density at radius 3 is 2.40 bits per heavy atom. The van der Waals surface area contributed by atoms with Crippen molar-refractivity contribution < 1.29 is 18.4 Å². The minimum atomic E-state index is -1.04. The van der Waals surface area contributed by atoms with Crippen molar-refractivity contribution in [1.29, 1.82) is 0 Å². The molecule has 1 aromatic carbocycles. The number of anilines is 1. The molecular formula is C18H25F2N3O2. The van der Waals surface area contributed by atoms with Gasteiger partial charge < -0.3 is 10.6 Å². The minimum absolute atomic E-state index is 0.147. The van der Waals surface area contributed by atoms with Gasteiger partial charge in [0, 0.05) is 17.8 Å². The SMILES string of the molecule is CN(CC(=O)NCC(=O)Nc1ccc(F)c(F)c1)C1CCCCCC1. The quantitative estimate of drug-likeness (QED) is 0.773. The molecule has 2 rings (SSSR count). The van der Waals surface area contributed by atoms with Gasteiger partial charge in [-0.05, 0) is 32.0 Å². The van der Waals surface area contributed by atoms with Crippen molar-refractivity contribution >= 4 is 17.5 Å². The van der Waals surface area contributed by atoms with E-state index in [0.29, 0.717) is 6.04 Å². The first-order valence-corrected chi connectivity index (χ1v) is 8.67. The van der Waals surface area contributed by atoms with E-state index in [1.165, 1.54) is 31.7 Å². The van der Waals surface area contributed by atoms with E-state index in [2.05, 4.69) is 10.6 Å². The normalized spacial score (nSPS) is 15.7. The fourth-order valence-electron chi connectivity index (χ4n) is 3.07. The van der Waals surface area contributed by atoms with Crippen molar-refractivity contribution in [2.75, 3.05) is 25.5 Å². The second-order valence-corrected chi connectivity index (χ2v) is 6.51. The van der Waals surface area contributed by atoms with Gasteiger partial charge in [-0.2, -0.15) is 0 Å². The highest BCUT2D eigenvalue weighted by molar-refractivity contribution is 5.94. The molecule has 25 heavy (non-hydrogen) atoms. The van der Waals surface area contributed by atoms with Gasteiger partial charge in [0.25, 0.3) is 0 Å². The van der Waals surface area contributed by atoms with E-state index < -0.39 is 17.5 Å². The van der Waals surface area contributed by atoms with Gasteiger partial charge in [-0.15, -0.1) is 0 Å². The molecule has 1 aromatic rings. The molecule has 0 unspecified atom stereocenters.